The molecule has 0 saturated carbocycles. The summed E-state index contributed by atoms with van der Waals surface area (Å²) >= 11 is 0. The van der Waals surface area contributed by atoms with Crippen molar-refractivity contribution in [2.75, 3.05) is 37.6 Å². The number of rotatable bonds is 5. The van der Waals surface area contributed by atoms with E-state index < -0.39 is 17.8 Å². The zero-order chi connectivity index (χ0) is 20.0. The van der Waals surface area contributed by atoms with E-state index >= 15 is 0 Å². The Morgan fingerprint density at radius 3 is 2.48 bits per heavy atom. The van der Waals surface area contributed by atoms with E-state index in [1.807, 2.05) is 18.7 Å². The third-order valence-corrected chi connectivity index (χ3v) is 4.59. The molecule has 0 bridgehead atoms. The number of piperazine rings is 1. The molecule has 7 nitrogen and oxygen atoms in total. The zero-order valence-electron chi connectivity index (χ0n) is 15.4. The lowest BCUT2D eigenvalue weighted by Crippen LogP contribution is -3.16. The van der Waals surface area contributed by atoms with Crippen LogP contribution in [0.5, 0.6) is 0 Å². The Labute approximate surface area is 155 Å². The number of amides is 3. The highest BCUT2D eigenvalue weighted by Gasteiger charge is 2.33. The van der Waals surface area contributed by atoms with E-state index in [-0.39, 0.29) is 18.5 Å². The minimum Gasteiger partial charge on any atom is -0.335 e. The molecule has 2 rings (SSSR count). The number of H-pyrrole nitrogens is 1. The number of carbonyl (C=O) groups excluding carboxylic acids is 2. The predicted octanol–water partition coefficient (Wildman–Crippen LogP) is -0.151. The molecule has 0 aromatic carbocycles. The van der Waals surface area contributed by atoms with E-state index in [4.69, 9.17) is 0 Å². The number of aromatic nitrogens is 1. The topological polar surface area (TPSA) is 80.0 Å². The van der Waals surface area contributed by atoms with E-state index in [1.54, 1.807) is 0 Å². The number of urea groups is 1. The molecule has 1 aliphatic rings. The minimum absolute atomic E-state index is 0.00586. The van der Waals surface area contributed by atoms with Crippen LogP contribution in [0.3, 0.4) is 0 Å². The maximum absolute atomic E-state index is 12.6. The van der Waals surface area contributed by atoms with Gasteiger partial charge in [0.05, 0.1) is 5.56 Å². The third-order valence-electron chi connectivity index (χ3n) is 4.59. The fourth-order valence-electron chi connectivity index (χ4n) is 2.79. The first kappa shape index (κ1) is 20.9. The molecule has 1 fully saturated rings. The monoisotopic (exact) mass is 389 g/mol. The van der Waals surface area contributed by atoms with E-state index in [0.717, 1.165) is 23.6 Å². The Morgan fingerprint density at radius 2 is 1.96 bits per heavy atom. The van der Waals surface area contributed by atoms with Gasteiger partial charge in [-0.1, -0.05) is 6.92 Å². The number of alkyl halides is 3. The van der Waals surface area contributed by atoms with Crippen LogP contribution in [0.15, 0.2) is 18.3 Å². The molecule has 1 saturated heterocycles. The molecule has 0 radical (unpaired) electrons. The smallest absolute Gasteiger partial charge is 0.335 e. The molecule has 3 amide bonds. The van der Waals surface area contributed by atoms with Gasteiger partial charge in [-0.2, -0.15) is 13.2 Å². The Kier molecular flexibility index (Phi) is 7.00. The van der Waals surface area contributed by atoms with Gasteiger partial charge in [0.1, 0.15) is 32.4 Å². The molecule has 1 atom stereocenters. The van der Waals surface area contributed by atoms with Crippen molar-refractivity contribution in [2.24, 2.45) is 0 Å². The van der Waals surface area contributed by atoms with E-state index in [2.05, 4.69) is 15.6 Å². The Morgan fingerprint density at radius 1 is 1.30 bits per heavy atom. The lowest BCUT2D eigenvalue weighted by Gasteiger charge is -2.27. The number of hydrogen-bond acceptors (Lipinski definition) is 3. The van der Waals surface area contributed by atoms with Gasteiger partial charge < -0.3 is 10.2 Å². The van der Waals surface area contributed by atoms with Crippen LogP contribution in [0, 0.1) is 0 Å². The van der Waals surface area contributed by atoms with Crippen LogP contribution in [0.4, 0.5) is 23.8 Å². The first-order valence-corrected chi connectivity index (χ1v) is 8.96. The van der Waals surface area contributed by atoms with Crippen LogP contribution in [-0.2, 0) is 11.0 Å². The van der Waals surface area contributed by atoms with Crippen molar-refractivity contribution in [3.05, 3.63) is 23.9 Å². The highest BCUT2D eigenvalue weighted by molar-refractivity contribution is 5.94. The zero-order valence-corrected chi connectivity index (χ0v) is 15.4. The summed E-state index contributed by atoms with van der Waals surface area (Å²) in [6.45, 7) is 6.47. The summed E-state index contributed by atoms with van der Waals surface area (Å²) in [5.41, 5.74) is -0.720. The van der Waals surface area contributed by atoms with Crippen molar-refractivity contribution in [1.82, 2.24) is 10.6 Å². The Hall–Kier alpha value is -2.36. The average molecular weight is 389 g/mol. The molecular weight excluding hydrogens is 363 g/mol. The molecule has 10 heteroatoms. The van der Waals surface area contributed by atoms with Crippen LogP contribution in [0.1, 0.15) is 25.8 Å². The van der Waals surface area contributed by atoms with Crippen molar-refractivity contribution in [3.8, 4) is 0 Å². The standard InChI is InChI=1S/C17H24F3N5O2/c1-3-12(2)22-16(27)23-15(26)11-24-6-8-25(9-7-24)14-5-4-13(10-21-14)17(18,19)20/h4-5,10,12H,3,6-9,11H2,1-2H3,(H2,22,23,26,27)/p+2/t12-/m0/s1. The number of halogens is 3. The highest BCUT2D eigenvalue weighted by Crippen LogP contribution is 2.28. The summed E-state index contributed by atoms with van der Waals surface area (Å²) in [6, 6.07) is 1.97. The lowest BCUT2D eigenvalue weighted by molar-refractivity contribution is -0.892. The molecule has 150 valence electrons. The molecule has 1 aromatic rings. The second-order valence-corrected chi connectivity index (χ2v) is 6.71. The maximum atomic E-state index is 12.6. The SMILES string of the molecule is CC[C@H](C)NC(=O)NC(=O)C[NH+]1CCN(c2ccc(C(F)(F)F)c[nH+]2)CC1. The molecule has 0 unspecified atom stereocenters. The normalized spacial score (nSPS) is 16.7. The van der Waals surface area contributed by atoms with Gasteiger partial charge in [-0.15, -0.1) is 0 Å². The van der Waals surface area contributed by atoms with Gasteiger partial charge in [0.25, 0.3) is 11.7 Å². The summed E-state index contributed by atoms with van der Waals surface area (Å²) < 4.78 is 37.8. The molecule has 1 aromatic heterocycles. The number of imide groups is 1. The molecule has 1 aliphatic heterocycles. The quantitative estimate of drug-likeness (QED) is 0.655. The Balaban J connectivity index is 1.78. The Bertz CT molecular complexity index is 643. The summed E-state index contributed by atoms with van der Waals surface area (Å²) in [6.07, 6.45) is -2.64. The fourth-order valence-corrected chi connectivity index (χ4v) is 2.79. The van der Waals surface area contributed by atoms with Crippen LogP contribution in [0.2, 0.25) is 0 Å². The molecule has 2 heterocycles. The number of carbonyl (C=O) groups is 2. The molecule has 27 heavy (non-hydrogen) atoms. The van der Waals surface area contributed by atoms with Crippen LogP contribution < -0.4 is 25.4 Å². The fraction of sp³-hybridized carbons (Fsp3) is 0.588. The van der Waals surface area contributed by atoms with Crippen molar-refractivity contribution in [1.29, 1.82) is 0 Å². The van der Waals surface area contributed by atoms with E-state index in [0.29, 0.717) is 32.0 Å². The largest absolute Gasteiger partial charge is 0.419 e. The van der Waals surface area contributed by atoms with E-state index in [1.165, 1.54) is 6.07 Å². The number of hydrogen-bond donors (Lipinski definition) is 3. The first-order chi connectivity index (χ1) is 12.7. The van der Waals surface area contributed by atoms with Crippen molar-refractivity contribution < 1.29 is 32.6 Å². The van der Waals surface area contributed by atoms with Gasteiger partial charge in [-0.25, -0.2) is 9.78 Å². The number of quaternary nitrogens is 1. The predicted molar refractivity (Wildman–Crippen MR) is 92.2 cm³/mol. The minimum atomic E-state index is -4.37. The van der Waals surface area contributed by atoms with E-state index in [9.17, 15) is 22.8 Å². The second-order valence-electron chi connectivity index (χ2n) is 6.71. The van der Waals surface area contributed by atoms with Crippen molar-refractivity contribution >= 4 is 17.8 Å². The first-order valence-electron chi connectivity index (χ1n) is 8.96. The van der Waals surface area contributed by atoms with Gasteiger partial charge >= 0.3 is 12.2 Å². The van der Waals surface area contributed by atoms with Gasteiger partial charge in [-0.3, -0.25) is 15.0 Å². The molecular formula is C17H26F3N5O2+2. The third kappa shape index (κ3) is 6.38. The average Bonchev–Trinajstić information content (AvgIpc) is 2.61. The number of nitrogens with zero attached hydrogens (tertiary/aromatic N) is 1. The summed E-state index contributed by atoms with van der Waals surface area (Å²) in [5, 5.41) is 4.99. The number of nitrogens with one attached hydrogen (secondary N) is 4. The van der Waals surface area contributed by atoms with Crippen LogP contribution in [-0.4, -0.2) is 50.7 Å². The van der Waals surface area contributed by atoms with Gasteiger partial charge in [0, 0.05) is 12.1 Å². The van der Waals surface area contributed by atoms with Crippen molar-refractivity contribution in [2.45, 2.75) is 32.5 Å². The maximum Gasteiger partial charge on any atom is 0.419 e. The summed E-state index contributed by atoms with van der Waals surface area (Å²) in [5.74, 6) is 0.264. The number of pyridine rings is 1. The van der Waals surface area contributed by atoms with Crippen LogP contribution >= 0.6 is 0 Å². The molecule has 0 spiro atoms. The van der Waals surface area contributed by atoms with Crippen LogP contribution in [0.25, 0.3) is 0 Å². The second kappa shape index (κ2) is 9.03. The van der Waals surface area contributed by atoms with Gasteiger partial charge in [0.2, 0.25) is 0 Å². The lowest BCUT2D eigenvalue weighted by atomic mass is 10.2. The molecule has 4 N–H and O–H groups in total. The van der Waals surface area contributed by atoms with Gasteiger partial charge in [0.15, 0.2) is 6.54 Å². The number of anilines is 1. The summed E-state index contributed by atoms with van der Waals surface area (Å²) in [7, 11) is 0. The highest BCUT2D eigenvalue weighted by atomic mass is 19.4. The summed E-state index contributed by atoms with van der Waals surface area (Å²) in [4.78, 5) is 29.3. The molecule has 0 aliphatic carbocycles. The number of aromatic amines is 1. The van der Waals surface area contributed by atoms with Gasteiger partial charge in [-0.05, 0) is 19.4 Å². The van der Waals surface area contributed by atoms with Crippen molar-refractivity contribution in [3.63, 3.8) is 0 Å².